The van der Waals surface area contributed by atoms with E-state index in [-0.39, 0.29) is 36.0 Å². The van der Waals surface area contributed by atoms with Gasteiger partial charge >= 0.3 is 0 Å². The number of hydrogen-bond acceptors (Lipinski definition) is 11. The molecule has 13 nitrogen and oxygen atoms in total. The highest BCUT2D eigenvalue weighted by molar-refractivity contribution is 6.09. The highest BCUT2D eigenvalue weighted by Crippen LogP contribution is 2.24. The molecule has 0 radical (unpaired) electrons. The maximum Gasteiger partial charge on any atom is 0.256 e. The van der Waals surface area contributed by atoms with Gasteiger partial charge in [0.15, 0.2) is 11.3 Å². The summed E-state index contributed by atoms with van der Waals surface area (Å²) in [6, 6.07) is 30.2. The lowest BCUT2D eigenvalue weighted by molar-refractivity contribution is 0.102. The summed E-state index contributed by atoms with van der Waals surface area (Å²) in [6.45, 7) is 3.14. The number of rotatable bonds is 18. The van der Waals surface area contributed by atoms with Crippen LogP contribution in [0.3, 0.4) is 0 Å². The Morgan fingerprint density at radius 1 is 0.544 bits per heavy atom. The van der Waals surface area contributed by atoms with Gasteiger partial charge in [0, 0.05) is 46.4 Å². The molecule has 0 spiro atoms. The topological polar surface area (TPSA) is 163 Å². The molecule has 1 aromatic carbocycles. The average molecular weight is 763 g/mol. The molecule has 0 atom stereocenters. The van der Waals surface area contributed by atoms with E-state index in [1.807, 2.05) is 60.7 Å². The number of anilines is 2. The van der Waals surface area contributed by atoms with Crippen LogP contribution in [-0.4, -0.2) is 48.3 Å². The van der Waals surface area contributed by atoms with Gasteiger partial charge in [0.25, 0.3) is 11.8 Å². The number of fused-ring (bicyclic) bond motifs is 2. The quantitative estimate of drug-likeness (QED) is 0.0804. The first kappa shape index (κ1) is 38.3. The monoisotopic (exact) mass is 762 g/mol. The third-order valence-electron chi connectivity index (χ3n) is 8.92. The highest BCUT2D eigenvalue weighted by Gasteiger charge is 2.17. The van der Waals surface area contributed by atoms with Gasteiger partial charge in [-0.15, -0.1) is 0 Å². The van der Waals surface area contributed by atoms with Crippen LogP contribution in [0.1, 0.15) is 77.6 Å². The Morgan fingerprint density at radius 2 is 1.05 bits per heavy atom. The van der Waals surface area contributed by atoms with Crippen molar-refractivity contribution in [1.82, 2.24) is 29.9 Å². The molecular formula is C44H42N8O5. The predicted molar refractivity (Wildman–Crippen MR) is 217 cm³/mol. The van der Waals surface area contributed by atoms with E-state index in [9.17, 15) is 9.59 Å². The van der Waals surface area contributed by atoms with Crippen molar-refractivity contribution in [3.05, 3.63) is 138 Å². The summed E-state index contributed by atoms with van der Waals surface area (Å²) in [5.41, 5.74) is 2.75. The highest BCUT2D eigenvalue weighted by atomic mass is 16.5. The number of hydrogen-bond donors (Lipinski definition) is 2. The van der Waals surface area contributed by atoms with Gasteiger partial charge in [-0.1, -0.05) is 51.2 Å². The lowest BCUT2D eigenvalue weighted by Crippen LogP contribution is -2.17. The van der Waals surface area contributed by atoms with Gasteiger partial charge in [-0.3, -0.25) is 19.6 Å². The molecule has 13 heteroatoms. The molecule has 0 aliphatic rings. The largest absolute Gasteiger partial charge is 0.494 e. The molecular weight excluding hydrogens is 721 g/mol. The second kappa shape index (κ2) is 19.0. The Labute approximate surface area is 329 Å². The van der Waals surface area contributed by atoms with Gasteiger partial charge in [0.2, 0.25) is 11.8 Å². The summed E-state index contributed by atoms with van der Waals surface area (Å²) in [5, 5.41) is 7.24. The van der Waals surface area contributed by atoms with E-state index in [1.165, 1.54) is 25.3 Å². The molecule has 57 heavy (non-hydrogen) atoms. The third-order valence-corrected chi connectivity index (χ3v) is 8.92. The summed E-state index contributed by atoms with van der Waals surface area (Å²) >= 11 is 0. The van der Waals surface area contributed by atoms with Crippen LogP contribution in [0.4, 0.5) is 11.6 Å². The zero-order valence-electron chi connectivity index (χ0n) is 31.6. The predicted octanol–water partition coefficient (Wildman–Crippen LogP) is 8.76. The summed E-state index contributed by atoms with van der Waals surface area (Å²) in [7, 11) is 0. The van der Waals surface area contributed by atoms with Crippen molar-refractivity contribution in [1.29, 1.82) is 0 Å². The van der Waals surface area contributed by atoms with E-state index < -0.39 is 11.8 Å². The van der Waals surface area contributed by atoms with E-state index in [0.717, 1.165) is 41.4 Å². The van der Waals surface area contributed by atoms with Crippen LogP contribution in [0.15, 0.2) is 116 Å². The second-order valence-electron chi connectivity index (χ2n) is 13.3. The van der Waals surface area contributed by atoms with E-state index in [1.54, 1.807) is 48.8 Å². The van der Waals surface area contributed by atoms with E-state index in [4.69, 9.17) is 14.2 Å². The van der Waals surface area contributed by atoms with Crippen LogP contribution in [0.2, 0.25) is 0 Å². The Hall–Kier alpha value is -7.02. The van der Waals surface area contributed by atoms with Gasteiger partial charge < -0.3 is 24.8 Å². The van der Waals surface area contributed by atoms with Crippen LogP contribution in [0.25, 0.3) is 22.1 Å². The lowest BCUT2D eigenvalue weighted by Gasteiger charge is -2.12. The number of carbonyl (C=O) groups is 2. The van der Waals surface area contributed by atoms with Crippen LogP contribution in [0.5, 0.6) is 17.5 Å². The normalized spacial score (nSPS) is 11.0. The fourth-order valence-electron chi connectivity index (χ4n) is 5.92. The minimum Gasteiger partial charge on any atom is -0.494 e. The molecule has 2 N–H and O–H groups in total. The van der Waals surface area contributed by atoms with Crippen molar-refractivity contribution in [2.75, 3.05) is 17.2 Å². The Balaban J connectivity index is 1.07. The lowest BCUT2D eigenvalue weighted by atomic mass is 10.1. The maximum absolute atomic E-state index is 13.7. The Bertz CT molecular complexity index is 2290. The van der Waals surface area contributed by atoms with Crippen LogP contribution in [0, 0.1) is 0 Å². The first-order chi connectivity index (χ1) is 28.0. The van der Waals surface area contributed by atoms with E-state index in [0.29, 0.717) is 35.4 Å². The van der Waals surface area contributed by atoms with Crippen molar-refractivity contribution >= 4 is 45.5 Å². The van der Waals surface area contributed by atoms with Gasteiger partial charge in [0.05, 0.1) is 18.0 Å². The van der Waals surface area contributed by atoms with Gasteiger partial charge in [-0.05, 0) is 85.3 Å². The minimum atomic E-state index is -0.477. The molecule has 7 rings (SSSR count). The molecule has 0 fully saturated rings. The number of nitrogens with one attached hydrogen (secondary N) is 2. The molecule has 0 aliphatic heterocycles. The average Bonchev–Trinajstić information content (AvgIpc) is 3.25. The number of amides is 2. The molecule has 0 unspecified atom stereocenters. The van der Waals surface area contributed by atoms with Crippen molar-refractivity contribution in [2.24, 2.45) is 0 Å². The summed E-state index contributed by atoms with van der Waals surface area (Å²) < 4.78 is 17.8. The molecule has 6 heterocycles. The van der Waals surface area contributed by atoms with Crippen molar-refractivity contribution in [3.8, 4) is 17.5 Å². The molecule has 0 aliphatic carbocycles. The zero-order chi connectivity index (χ0) is 39.2. The van der Waals surface area contributed by atoms with E-state index in [2.05, 4.69) is 47.5 Å². The number of carbonyl (C=O) groups excluding carboxylic acids is 2. The number of nitrogens with zero attached hydrogens (tertiary/aromatic N) is 6. The number of benzene rings is 1. The summed E-state index contributed by atoms with van der Waals surface area (Å²) in [6.07, 6.45) is 9.99. The van der Waals surface area contributed by atoms with Crippen LogP contribution >= 0.6 is 0 Å². The molecule has 0 saturated carbocycles. The number of ether oxygens (including phenoxy) is 3. The summed E-state index contributed by atoms with van der Waals surface area (Å²) in [5.74, 6) is 0.753. The smallest absolute Gasteiger partial charge is 0.256 e. The van der Waals surface area contributed by atoms with Crippen LogP contribution < -0.4 is 24.8 Å². The van der Waals surface area contributed by atoms with Gasteiger partial charge in [0.1, 0.15) is 30.6 Å². The van der Waals surface area contributed by atoms with Gasteiger partial charge in [-0.25, -0.2) is 9.97 Å². The van der Waals surface area contributed by atoms with E-state index >= 15 is 0 Å². The Morgan fingerprint density at radius 3 is 1.56 bits per heavy atom. The van der Waals surface area contributed by atoms with Gasteiger partial charge in [-0.2, -0.15) is 9.97 Å². The molecule has 7 aromatic rings. The Kier molecular flexibility index (Phi) is 12.8. The SMILES string of the molecule is CCCCCCCCOc1cc(C(=O)Nc2ccc3ccc(OCc4ccccn4)nc3n2)cc(C(=O)Nc2ccc3ccc(OCc4ccccn4)nc3n2)c1. The fourth-order valence-corrected chi connectivity index (χ4v) is 5.92. The molecule has 2 amide bonds. The molecule has 6 aromatic heterocycles. The van der Waals surface area contributed by atoms with Crippen LogP contribution in [-0.2, 0) is 13.2 Å². The number of aromatic nitrogens is 6. The van der Waals surface area contributed by atoms with Crippen molar-refractivity contribution in [3.63, 3.8) is 0 Å². The zero-order valence-corrected chi connectivity index (χ0v) is 31.6. The molecule has 288 valence electrons. The first-order valence-electron chi connectivity index (χ1n) is 19.0. The minimum absolute atomic E-state index is 0.214. The van der Waals surface area contributed by atoms with Crippen molar-refractivity contribution in [2.45, 2.75) is 58.7 Å². The third kappa shape index (κ3) is 10.8. The summed E-state index contributed by atoms with van der Waals surface area (Å²) in [4.78, 5) is 54.2. The number of pyridine rings is 6. The molecule has 0 saturated heterocycles. The number of unbranched alkanes of at least 4 members (excludes halogenated alkanes) is 5. The fraction of sp³-hybridized carbons (Fsp3) is 0.227. The molecule has 0 bridgehead atoms. The second-order valence-corrected chi connectivity index (χ2v) is 13.3. The maximum atomic E-state index is 13.7. The van der Waals surface area contributed by atoms with Crippen molar-refractivity contribution < 1.29 is 23.8 Å². The standard InChI is InChI=1S/C44H42N8O5/c1-2-3-4-5-6-11-24-55-36-26-32(43(53)49-37-18-14-30-16-20-39(51-41(30)47-37)56-28-34-12-7-9-22-45-34)25-33(27-36)44(54)50-38-19-15-31-17-21-40(52-42(31)48-38)57-29-35-13-8-10-23-46-35/h7-10,12-23,25-27H,2-6,11,24,28-29H2,1H3,(H,47,49,51,53)(H,48,50,52,54). The first-order valence-corrected chi connectivity index (χ1v) is 19.0.